The van der Waals surface area contributed by atoms with Gasteiger partial charge in [-0.1, -0.05) is 32.9 Å². The summed E-state index contributed by atoms with van der Waals surface area (Å²) in [6.07, 6.45) is 0. The molecule has 6 nitrogen and oxygen atoms in total. The van der Waals surface area contributed by atoms with Crippen molar-refractivity contribution in [1.82, 2.24) is 5.32 Å². The highest BCUT2D eigenvalue weighted by Crippen LogP contribution is 2.53. The Bertz CT molecular complexity index is 1080. The van der Waals surface area contributed by atoms with Crippen LogP contribution in [0.3, 0.4) is 0 Å². The maximum absolute atomic E-state index is 13.0. The van der Waals surface area contributed by atoms with Gasteiger partial charge in [0.25, 0.3) is 0 Å². The predicted octanol–water partition coefficient (Wildman–Crippen LogP) is 4.33. The molecule has 0 spiro atoms. The first-order valence-electron chi connectivity index (χ1n) is 10.3. The summed E-state index contributed by atoms with van der Waals surface area (Å²) in [7, 11) is 1.37. The molecule has 2 aliphatic rings. The molecule has 7 heteroatoms. The number of fused-ring (bicyclic) bond motifs is 4. The standard InChI is InChI=1S/C24H28N2O4S/c1-13-8-7-9-15(10-13)26-22(31)25-19-16-11-14(23(2,3)4)12-17(27)20(16)30-24(26,5)18(19)21(28)29-6/h7-12,18-19,27H,1-6H3,(H,25,31)/t18-,19+,24+/m1/s1. The van der Waals surface area contributed by atoms with Crippen molar-refractivity contribution in [2.45, 2.75) is 51.8 Å². The van der Waals surface area contributed by atoms with E-state index >= 15 is 0 Å². The molecule has 0 saturated carbocycles. The van der Waals surface area contributed by atoms with Crippen LogP contribution >= 0.6 is 12.2 Å². The van der Waals surface area contributed by atoms with E-state index in [1.165, 1.54) is 7.11 Å². The summed E-state index contributed by atoms with van der Waals surface area (Å²) in [5, 5.41) is 14.7. The molecule has 31 heavy (non-hydrogen) atoms. The van der Waals surface area contributed by atoms with Gasteiger partial charge in [-0.2, -0.15) is 0 Å². The van der Waals surface area contributed by atoms with Crippen molar-refractivity contribution in [1.29, 1.82) is 0 Å². The zero-order valence-electron chi connectivity index (χ0n) is 18.6. The van der Waals surface area contributed by atoms with Gasteiger partial charge in [0.2, 0.25) is 5.72 Å². The minimum Gasteiger partial charge on any atom is -0.504 e. The van der Waals surface area contributed by atoms with Crippen molar-refractivity contribution in [3.05, 3.63) is 53.1 Å². The molecule has 164 valence electrons. The van der Waals surface area contributed by atoms with Crippen LogP contribution < -0.4 is 15.0 Å². The second-order valence-corrected chi connectivity index (χ2v) is 9.81. The topological polar surface area (TPSA) is 71.0 Å². The van der Waals surface area contributed by atoms with Crippen molar-refractivity contribution in [2.24, 2.45) is 5.92 Å². The van der Waals surface area contributed by atoms with Crippen LogP contribution in [0.5, 0.6) is 11.5 Å². The molecule has 1 fully saturated rings. The van der Waals surface area contributed by atoms with Gasteiger partial charge in [0.15, 0.2) is 16.6 Å². The van der Waals surface area contributed by atoms with Crippen LogP contribution in [-0.2, 0) is 14.9 Å². The van der Waals surface area contributed by atoms with Gasteiger partial charge in [0.1, 0.15) is 5.92 Å². The molecule has 1 saturated heterocycles. The maximum Gasteiger partial charge on any atom is 0.317 e. The number of aryl methyl sites for hydroxylation is 1. The van der Waals surface area contributed by atoms with Crippen LogP contribution in [-0.4, -0.2) is 29.0 Å². The van der Waals surface area contributed by atoms with Crippen LogP contribution in [0.1, 0.15) is 50.4 Å². The number of phenolic OH excluding ortho intramolecular Hbond substituents is 1. The van der Waals surface area contributed by atoms with Gasteiger partial charge < -0.3 is 19.9 Å². The van der Waals surface area contributed by atoms with Crippen molar-refractivity contribution in [2.75, 3.05) is 12.0 Å². The highest BCUT2D eigenvalue weighted by Gasteiger charge is 2.60. The number of aromatic hydroxyl groups is 1. The number of hydrogen-bond donors (Lipinski definition) is 2. The van der Waals surface area contributed by atoms with Gasteiger partial charge in [-0.05, 0) is 66.9 Å². The van der Waals surface area contributed by atoms with E-state index in [-0.39, 0.29) is 11.2 Å². The molecule has 0 aromatic heterocycles. The Labute approximate surface area is 188 Å². The molecular weight excluding hydrogens is 412 g/mol. The average Bonchev–Trinajstić information content (AvgIpc) is 2.67. The number of rotatable bonds is 2. The Morgan fingerprint density at radius 1 is 1.29 bits per heavy atom. The minimum absolute atomic E-state index is 0.0424. The molecule has 3 atom stereocenters. The smallest absolute Gasteiger partial charge is 0.317 e. The largest absolute Gasteiger partial charge is 0.504 e. The van der Waals surface area contributed by atoms with Crippen LogP contribution in [0, 0.1) is 12.8 Å². The third-order valence-electron chi connectivity index (χ3n) is 6.16. The number of benzene rings is 2. The van der Waals surface area contributed by atoms with Crippen molar-refractivity contribution >= 4 is 29.0 Å². The van der Waals surface area contributed by atoms with E-state index in [2.05, 4.69) is 26.1 Å². The van der Waals surface area contributed by atoms with Gasteiger partial charge in [-0.15, -0.1) is 0 Å². The SMILES string of the molecule is COC(=O)[C@H]1[C@H]2NC(=S)N(c3cccc(C)c3)[C@@]1(C)Oc1c(O)cc(C(C)(C)C)cc12. The number of nitrogens with one attached hydrogen (secondary N) is 1. The normalized spacial score (nSPS) is 24.7. The number of carbonyl (C=O) groups excluding carboxylic acids is 1. The first-order valence-corrected chi connectivity index (χ1v) is 10.7. The van der Waals surface area contributed by atoms with Gasteiger partial charge in [-0.3, -0.25) is 9.69 Å². The predicted molar refractivity (Wildman–Crippen MR) is 123 cm³/mol. The summed E-state index contributed by atoms with van der Waals surface area (Å²) in [6.45, 7) is 10.0. The molecule has 0 aliphatic carbocycles. The molecule has 2 bridgehead atoms. The zero-order chi connectivity index (χ0) is 22.7. The van der Waals surface area contributed by atoms with Gasteiger partial charge in [0, 0.05) is 11.3 Å². The van der Waals surface area contributed by atoms with E-state index in [0.29, 0.717) is 16.4 Å². The third kappa shape index (κ3) is 3.31. The number of carbonyl (C=O) groups is 1. The fraction of sp³-hybridized carbons (Fsp3) is 0.417. The van der Waals surface area contributed by atoms with Crippen molar-refractivity contribution in [3.8, 4) is 11.5 Å². The fourth-order valence-electron chi connectivity index (χ4n) is 4.54. The number of nitrogens with zero attached hydrogens (tertiary/aromatic N) is 1. The van der Waals surface area contributed by atoms with E-state index in [1.54, 1.807) is 11.0 Å². The van der Waals surface area contributed by atoms with Gasteiger partial charge in [-0.25, -0.2) is 0 Å². The van der Waals surface area contributed by atoms with Crippen LogP contribution in [0.2, 0.25) is 0 Å². The molecule has 2 heterocycles. The average molecular weight is 441 g/mol. The van der Waals surface area contributed by atoms with E-state index in [9.17, 15) is 9.90 Å². The van der Waals surface area contributed by atoms with E-state index in [1.807, 2.05) is 44.2 Å². The first-order chi connectivity index (χ1) is 14.5. The Hall–Kier alpha value is -2.80. The summed E-state index contributed by atoms with van der Waals surface area (Å²) in [5.74, 6) is -0.729. The number of hydrogen-bond acceptors (Lipinski definition) is 5. The van der Waals surface area contributed by atoms with E-state index in [0.717, 1.165) is 16.8 Å². The number of esters is 1. The molecule has 2 aromatic carbocycles. The monoisotopic (exact) mass is 440 g/mol. The van der Waals surface area contributed by atoms with Crippen LogP contribution in [0.25, 0.3) is 0 Å². The summed E-state index contributed by atoms with van der Waals surface area (Å²) in [5.41, 5.74) is 2.09. The molecule has 0 unspecified atom stereocenters. The van der Waals surface area contributed by atoms with Crippen LogP contribution in [0.15, 0.2) is 36.4 Å². The second kappa shape index (κ2) is 7.12. The van der Waals surface area contributed by atoms with Crippen molar-refractivity contribution < 1.29 is 19.4 Å². The molecule has 4 rings (SSSR count). The number of ether oxygens (including phenoxy) is 2. The van der Waals surface area contributed by atoms with Gasteiger partial charge >= 0.3 is 5.97 Å². The third-order valence-corrected chi connectivity index (χ3v) is 6.46. The fourth-order valence-corrected chi connectivity index (χ4v) is 4.95. The number of thiocarbonyl (C=S) groups is 1. The lowest BCUT2D eigenvalue weighted by Crippen LogP contribution is -2.71. The van der Waals surface area contributed by atoms with E-state index in [4.69, 9.17) is 21.7 Å². The molecule has 0 amide bonds. The van der Waals surface area contributed by atoms with Crippen molar-refractivity contribution in [3.63, 3.8) is 0 Å². The number of phenols is 1. The second-order valence-electron chi connectivity index (χ2n) is 9.42. The highest BCUT2D eigenvalue weighted by atomic mass is 32.1. The molecule has 2 N–H and O–H groups in total. The Balaban J connectivity index is 1.95. The maximum atomic E-state index is 13.0. The Morgan fingerprint density at radius 2 is 2.00 bits per heavy atom. The number of anilines is 1. The Morgan fingerprint density at radius 3 is 2.61 bits per heavy atom. The Kier molecular flexibility index (Phi) is 4.92. The lowest BCUT2D eigenvalue weighted by Gasteiger charge is -2.55. The molecule has 0 radical (unpaired) electrons. The lowest BCUT2D eigenvalue weighted by molar-refractivity contribution is -0.157. The molecule has 2 aliphatic heterocycles. The minimum atomic E-state index is -1.19. The molecule has 2 aromatic rings. The lowest BCUT2D eigenvalue weighted by atomic mass is 9.77. The molecular formula is C24H28N2O4S. The quantitative estimate of drug-likeness (QED) is 0.532. The summed E-state index contributed by atoms with van der Waals surface area (Å²) < 4.78 is 11.6. The highest BCUT2D eigenvalue weighted by molar-refractivity contribution is 7.80. The van der Waals surface area contributed by atoms with Crippen LogP contribution in [0.4, 0.5) is 5.69 Å². The summed E-state index contributed by atoms with van der Waals surface area (Å²) in [4.78, 5) is 14.8. The zero-order valence-corrected chi connectivity index (χ0v) is 19.5. The van der Waals surface area contributed by atoms with E-state index < -0.39 is 23.7 Å². The summed E-state index contributed by atoms with van der Waals surface area (Å²) >= 11 is 5.74. The first kappa shape index (κ1) is 21.4. The number of methoxy groups -OCH3 is 1. The summed E-state index contributed by atoms with van der Waals surface area (Å²) in [6, 6.07) is 11.0. The van der Waals surface area contributed by atoms with Gasteiger partial charge in [0.05, 0.1) is 13.2 Å².